The van der Waals surface area contributed by atoms with Crippen molar-refractivity contribution in [1.29, 1.82) is 0 Å². The monoisotopic (exact) mass is 700 g/mol. The predicted molar refractivity (Wildman–Crippen MR) is 211 cm³/mol. The van der Waals surface area contributed by atoms with Gasteiger partial charge in [0.05, 0.1) is 0 Å². The van der Waals surface area contributed by atoms with Gasteiger partial charge in [0.15, 0.2) is 0 Å². The maximum atomic E-state index is 16.2. The van der Waals surface area contributed by atoms with Crippen molar-refractivity contribution in [3.05, 3.63) is 206 Å². The van der Waals surface area contributed by atoms with E-state index in [4.69, 9.17) is 0 Å². The molecular weight excluding hydrogens is 665 g/mol. The van der Waals surface area contributed by atoms with Crippen LogP contribution in [0, 0.1) is 0 Å². The van der Waals surface area contributed by atoms with E-state index in [2.05, 4.69) is 170 Å². The van der Waals surface area contributed by atoms with E-state index in [9.17, 15) is 0 Å². The zero-order valence-corrected chi connectivity index (χ0v) is 29.6. The van der Waals surface area contributed by atoms with Crippen LogP contribution >= 0.6 is 0 Å². The van der Waals surface area contributed by atoms with Gasteiger partial charge in [-0.15, -0.1) is 0 Å². The van der Waals surface area contributed by atoms with E-state index in [-0.39, 0.29) is 0 Å². The molecule has 8 aromatic rings. The van der Waals surface area contributed by atoms with E-state index >= 15 is 3.78 Å². The molecule has 8 rings (SSSR count). The standard InChI is InChI=1S/C48H34GeO/c50-49(47-43(37-23-11-3-12-24-37)31-41(35-19-7-1-8-20-35)32-44(47)38-25-13-4-14-26-38)48-45(39-27-15-5-16-28-39)33-42(36-21-9-2-10-22-36)34-46(48)40-29-17-6-18-30-40/h1-34H. The molecule has 0 saturated heterocycles. The van der Waals surface area contributed by atoms with Crippen LogP contribution in [0.4, 0.5) is 0 Å². The Morgan fingerprint density at radius 3 is 0.660 bits per heavy atom. The second-order valence-electron chi connectivity index (χ2n) is 12.4. The van der Waals surface area contributed by atoms with Crippen molar-refractivity contribution in [3.63, 3.8) is 0 Å². The first-order valence-electron chi connectivity index (χ1n) is 17.0. The van der Waals surface area contributed by atoms with Crippen LogP contribution in [0.25, 0.3) is 66.8 Å². The molecule has 0 aliphatic rings. The average Bonchev–Trinajstić information content (AvgIpc) is 3.21. The molecule has 0 aromatic heterocycles. The maximum absolute atomic E-state index is 16.2. The van der Waals surface area contributed by atoms with Crippen molar-refractivity contribution >= 4 is 23.1 Å². The van der Waals surface area contributed by atoms with Gasteiger partial charge < -0.3 is 0 Å². The second-order valence-corrected chi connectivity index (χ2v) is 15.9. The second kappa shape index (κ2) is 14.3. The Balaban J connectivity index is 1.49. The van der Waals surface area contributed by atoms with Crippen LogP contribution in [0.1, 0.15) is 0 Å². The molecule has 0 fully saturated rings. The van der Waals surface area contributed by atoms with Crippen LogP contribution < -0.4 is 8.79 Å². The van der Waals surface area contributed by atoms with E-state index < -0.39 is 14.3 Å². The minimum absolute atomic E-state index is 0.934. The van der Waals surface area contributed by atoms with Gasteiger partial charge in [0.2, 0.25) is 0 Å². The molecule has 0 atom stereocenters. The Morgan fingerprint density at radius 2 is 0.440 bits per heavy atom. The zero-order valence-electron chi connectivity index (χ0n) is 27.5. The summed E-state index contributed by atoms with van der Waals surface area (Å²) in [5.41, 5.74) is 12.7. The van der Waals surface area contributed by atoms with E-state index in [1.54, 1.807) is 0 Å². The number of rotatable bonds is 8. The number of hydrogen-bond donors (Lipinski definition) is 0. The van der Waals surface area contributed by atoms with Crippen LogP contribution in [0.2, 0.25) is 0 Å². The molecule has 0 heterocycles. The first-order chi connectivity index (χ1) is 24.7. The molecule has 0 radical (unpaired) electrons. The van der Waals surface area contributed by atoms with Crippen LogP contribution in [-0.2, 0) is 3.78 Å². The summed E-state index contributed by atoms with van der Waals surface area (Å²) in [5.74, 6) is 0. The van der Waals surface area contributed by atoms with Crippen LogP contribution in [0.15, 0.2) is 206 Å². The van der Waals surface area contributed by atoms with Crippen molar-refractivity contribution in [2.75, 3.05) is 0 Å². The quantitative estimate of drug-likeness (QED) is 0.144. The molecule has 1 nitrogen and oxygen atoms in total. The minimum atomic E-state index is -3.64. The fourth-order valence-corrected chi connectivity index (χ4v) is 11.3. The number of hydrogen-bond acceptors (Lipinski definition) is 1. The summed E-state index contributed by atoms with van der Waals surface area (Å²) in [6, 6.07) is 71.9. The van der Waals surface area contributed by atoms with Crippen LogP contribution in [0.3, 0.4) is 0 Å². The molecule has 0 aliphatic heterocycles. The molecule has 236 valence electrons. The van der Waals surface area contributed by atoms with Gasteiger partial charge in [-0.3, -0.25) is 0 Å². The summed E-state index contributed by atoms with van der Waals surface area (Å²) in [6.07, 6.45) is 0. The van der Waals surface area contributed by atoms with Gasteiger partial charge >= 0.3 is 300 Å². The van der Waals surface area contributed by atoms with Gasteiger partial charge in [-0.2, -0.15) is 0 Å². The van der Waals surface area contributed by atoms with Gasteiger partial charge in [-0.05, 0) is 0 Å². The first kappa shape index (κ1) is 31.4. The molecule has 0 bridgehead atoms. The summed E-state index contributed by atoms with van der Waals surface area (Å²) < 4.78 is 18.0. The summed E-state index contributed by atoms with van der Waals surface area (Å²) in [6.45, 7) is 0. The fraction of sp³-hybridized carbons (Fsp3) is 0. The van der Waals surface area contributed by atoms with Crippen molar-refractivity contribution in [2.45, 2.75) is 0 Å². The van der Waals surface area contributed by atoms with Gasteiger partial charge in [-0.25, -0.2) is 0 Å². The molecule has 2 heteroatoms. The van der Waals surface area contributed by atoms with Crippen molar-refractivity contribution < 1.29 is 3.78 Å². The third-order valence-corrected chi connectivity index (χ3v) is 13.5. The molecule has 50 heavy (non-hydrogen) atoms. The van der Waals surface area contributed by atoms with Crippen LogP contribution in [-0.4, -0.2) is 14.3 Å². The molecule has 0 aliphatic carbocycles. The fourth-order valence-electron chi connectivity index (χ4n) is 6.87. The van der Waals surface area contributed by atoms with E-state index in [1.807, 2.05) is 36.4 Å². The summed E-state index contributed by atoms with van der Waals surface area (Å²) >= 11 is -3.64. The zero-order chi connectivity index (χ0) is 33.7. The van der Waals surface area contributed by atoms with Crippen LogP contribution in [0.5, 0.6) is 0 Å². The molecule has 0 N–H and O–H groups in total. The summed E-state index contributed by atoms with van der Waals surface area (Å²) in [4.78, 5) is 0. The molecule has 0 spiro atoms. The van der Waals surface area contributed by atoms with Crippen molar-refractivity contribution in [1.82, 2.24) is 0 Å². The molecule has 0 amide bonds. The summed E-state index contributed by atoms with van der Waals surface area (Å²) in [7, 11) is 0. The third kappa shape index (κ3) is 6.32. The van der Waals surface area contributed by atoms with E-state index in [0.717, 1.165) is 75.6 Å². The first-order valence-corrected chi connectivity index (χ1v) is 19.9. The van der Waals surface area contributed by atoms with Gasteiger partial charge in [0.25, 0.3) is 0 Å². The topological polar surface area (TPSA) is 17.1 Å². The normalized spacial score (nSPS) is 10.9. The SMILES string of the molecule is [O]=[Ge]([c]1c(-c2ccccc2)cc(-c2ccccc2)cc1-c1ccccc1)[c]1c(-c2ccccc2)cc(-c2ccccc2)cc1-c1ccccc1. The van der Waals surface area contributed by atoms with E-state index in [0.29, 0.717) is 0 Å². The van der Waals surface area contributed by atoms with Crippen molar-refractivity contribution in [2.24, 2.45) is 0 Å². The van der Waals surface area contributed by atoms with Gasteiger partial charge in [-0.1, -0.05) is 0 Å². The Morgan fingerprint density at radius 1 is 0.240 bits per heavy atom. The Kier molecular flexibility index (Phi) is 8.97. The third-order valence-electron chi connectivity index (χ3n) is 9.28. The van der Waals surface area contributed by atoms with E-state index in [1.165, 1.54) is 0 Å². The Bertz CT molecular complexity index is 2100. The molecular formula is C48H34GeO. The molecule has 0 unspecified atom stereocenters. The van der Waals surface area contributed by atoms with Crippen molar-refractivity contribution in [3.8, 4) is 66.8 Å². The van der Waals surface area contributed by atoms with Gasteiger partial charge in [0.1, 0.15) is 0 Å². The summed E-state index contributed by atoms with van der Waals surface area (Å²) in [5, 5.41) is 0. The molecule has 0 saturated carbocycles. The van der Waals surface area contributed by atoms with Gasteiger partial charge in [0, 0.05) is 0 Å². The average molecular weight is 699 g/mol. The Labute approximate surface area is 298 Å². The Hall–Kier alpha value is -5.90. The molecule has 8 aromatic carbocycles. The number of benzene rings is 8. The predicted octanol–water partition coefficient (Wildman–Crippen LogP) is 11.2.